The quantitative estimate of drug-likeness (QED) is 0.267. The van der Waals surface area contributed by atoms with E-state index >= 15 is 0 Å². The van der Waals surface area contributed by atoms with Crippen LogP contribution in [0.2, 0.25) is 0 Å². The first-order valence-electron chi connectivity index (χ1n) is 11.2. The van der Waals surface area contributed by atoms with Crippen LogP contribution in [0.5, 0.6) is 0 Å². The maximum absolute atomic E-state index is 10.4. The Kier molecular flexibility index (Phi) is 7.89. The predicted molar refractivity (Wildman–Crippen MR) is 147 cm³/mol. The zero-order valence-electron chi connectivity index (χ0n) is 19.1. The van der Waals surface area contributed by atoms with E-state index in [2.05, 4.69) is 121 Å². The van der Waals surface area contributed by atoms with E-state index in [1.165, 1.54) is 33.4 Å². The van der Waals surface area contributed by atoms with Gasteiger partial charge in [-0.2, -0.15) is 8.42 Å². The Bertz CT molecular complexity index is 1260. The molecule has 0 amide bonds. The van der Waals surface area contributed by atoms with Gasteiger partial charge in [-0.05, 0) is 60.7 Å². The van der Waals surface area contributed by atoms with E-state index in [1.807, 2.05) is 0 Å². The summed E-state index contributed by atoms with van der Waals surface area (Å²) >= 11 is 0. The molecule has 0 unspecified atom stereocenters. The summed E-state index contributed by atoms with van der Waals surface area (Å²) in [6.45, 7) is 0. The van der Waals surface area contributed by atoms with Gasteiger partial charge in [0.2, 0.25) is 0 Å². The van der Waals surface area contributed by atoms with E-state index < -0.39 is 17.4 Å². The Morgan fingerprint density at radius 1 is 0.400 bits per heavy atom. The van der Waals surface area contributed by atoms with Crippen molar-refractivity contribution in [3.63, 3.8) is 0 Å². The Morgan fingerprint density at radius 3 is 0.829 bits per heavy atom. The van der Waals surface area contributed by atoms with Crippen molar-refractivity contribution >= 4 is 38.6 Å². The largest absolute Gasteiger partial charge is 0.294 e. The van der Waals surface area contributed by atoms with Gasteiger partial charge in [0.25, 0.3) is 10.1 Å². The standard InChI is InChI=1S/C24H20P.C6H6O3S/c1-5-13-21(14-6-1)25(22-15-7-2-8-16-22,23-17-9-3-10-18-23)24-19-11-4-12-20-24;7-10(8,9)6-4-2-1-3-5-6/h1-20H;1-5H,(H,7,8,9)/q+1;. The molecule has 5 heteroatoms. The van der Waals surface area contributed by atoms with Crippen LogP contribution >= 0.6 is 7.26 Å². The van der Waals surface area contributed by atoms with Gasteiger partial charge in [-0.25, -0.2) is 0 Å². The molecule has 0 saturated carbocycles. The minimum atomic E-state index is -4.00. The Labute approximate surface area is 207 Å². The van der Waals surface area contributed by atoms with Crippen LogP contribution in [0.3, 0.4) is 0 Å². The lowest BCUT2D eigenvalue weighted by molar-refractivity contribution is 0.483. The first-order chi connectivity index (χ1) is 17.0. The highest BCUT2D eigenvalue weighted by atomic mass is 32.2. The van der Waals surface area contributed by atoms with Gasteiger partial charge in [-0.3, -0.25) is 4.55 Å². The SMILES string of the molecule is O=S(=O)(O)c1ccccc1.c1ccc([P+](c2ccccc2)(c2ccccc2)c2ccccc2)cc1. The molecule has 0 atom stereocenters. The van der Waals surface area contributed by atoms with Crippen molar-refractivity contribution in [2.45, 2.75) is 4.90 Å². The smallest absolute Gasteiger partial charge is 0.282 e. The Morgan fingerprint density at radius 2 is 0.629 bits per heavy atom. The molecule has 0 aromatic heterocycles. The zero-order chi connectivity index (χ0) is 24.6. The number of hydrogen-bond donors (Lipinski definition) is 1. The van der Waals surface area contributed by atoms with Crippen molar-refractivity contribution < 1.29 is 13.0 Å². The molecule has 5 aromatic rings. The van der Waals surface area contributed by atoms with Crippen LogP contribution in [0, 0.1) is 0 Å². The maximum Gasteiger partial charge on any atom is 0.294 e. The Hall–Kier alpha value is -3.56. The summed E-state index contributed by atoms with van der Waals surface area (Å²) in [5.41, 5.74) is 0. The third kappa shape index (κ3) is 5.58. The second kappa shape index (κ2) is 11.2. The predicted octanol–water partition coefficient (Wildman–Crippen LogP) is 5.24. The van der Waals surface area contributed by atoms with Crippen LogP contribution in [-0.4, -0.2) is 13.0 Å². The molecular formula is C30H26O3PS+. The molecular weight excluding hydrogens is 471 g/mol. The minimum absolute atomic E-state index is 0.0741. The van der Waals surface area contributed by atoms with Crippen LogP contribution in [0.1, 0.15) is 0 Å². The number of benzene rings is 5. The molecule has 0 aliphatic carbocycles. The van der Waals surface area contributed by atoms with E-state index in [1.54, 1.807) is 18.2 Å². The molecule has 0 radical (unpaired) electrons. The van der Waals surface area contributed by atoms with Crippen LogP contribution in [0.25, 0.3) is 0 Å². The maximum atomic E-state index is 10.4. The molecule has 0 aliphatic heterocycles. The molecule has 0 saturated heterocycles. The normalized spacial score (nSPS) is 11.2. The van der Waals surface area contributed by atoms with Gasteiger partial charge in [0.05, 0.1) is 4.90 Å². The second-order valence-electron chi connectivity index (χ2n) is 7.80. The molecule has 3 nitrogen and oxygen atoms in total. The van der Waals surface area contributed by atoms with E-state index in [9.17, 15) is 8.42 Å². The van der Waals surface area contributed by atoms with Crippen molar-refractivity contribution in [2.75, 3.05) is 0 Å². The fraction of sp³-hybridized carbons (Fsp3) is 0. The molecule has 0 heterocycles. The van der Waals surface area contributed by atoms with Crippen molar-refractivity contribution in [2.24, 2.45) is 0 Å². The summed E-state index contributed by atoms with van der Waals surface area (Å²) in [6.07, 6.45) is 0. The molecule has 35 heavy (non-hydrogen) atoms. The summed E-state index contributed by atoms with van der Waals surface area (Å²) in [6, 6.07) is 51.2. The first kappa shape index (κ1) is 24.6. The third-order valence-corrected chi connectivity index (χ3v) is 10.8. The number of hydrogen-bond acceptors (Lipinski definition) is 2. The topological polar surface area (TPSA) is 54.4 Å². The van der Waals surface area contributed by atoms with Gasteiger partial charge >= 0.3 is 0 Å². The fourth-order valence-corrected chi connectivity index (χ4v) is 8.86. The highest BCUT2D eigenvalue weighted by Gasteiger charge is 2.47. The third-order valence-electron chi connectivity index (χ3n) is 5.62. The van der Waals surface area contributed by atoms with Crippen LogP contribution in [-0.2, 0) is 10.1 Å². The van der Waals surface area contributed by atoms with Gasteiger partial charge in [-0.15, -0.1) is 0 Å². The van der Waals surface area contributed by atoms with Gasteiger partial charge in [0.1, 0.15) is 28.5 Å². The summed E-state index contributed by atoms with van der Waals surface area (Å²) in [5.74, 6) is 0. The summed E-state index contributed by atoms with van der Waals surface area (Å²) in [4.78, 5) is -0.0741. The van der Waals surface area contributed by atoms with Gasteiger partial charge in [0.15, 0.2) is 0 Å². The van der Waals surface area contributed by atoms with Crippen molar-refractivity contribution in [1.82, 2.24) is 0 Å². The van der Waals surface area contributed by atoms with Crippen molar-refractivity contribution in [1.29, 1.82) is 0 Å². The van der Waals surface area contributed by atoms with Crippen LogP contribution < -0.4 is 21.2 Å². The lowest BCUT2D eigenvalue weighted by atomic mass is 10.3. The van der Waals surface area contributed by atoms with Gasteiger partial charge in [-0.1, -0.05) is 91.0 Å². The van der Waals surface area contributed by atoms with E-state index in [4.69, 9.17) is 4.55 Å². The average molecular weight is 498 g/mol. The summed E-state index contributed by atoms with van der Waals surface area (Å²) in [7, 11) is -5.91. The zero-order valence-corrected chi connectivity index (χ0v) is 20.8. The molecule has 5 aromatic carbocycles. The molecule has 0 fully saturated rings. The average Bonchev–Trinajstić information content (AvgIpc) is 2.92. The molecule has 1 N–H and O–H groups in total. The Balaban J connectivity index is 0.000000243. The molecule has 0 spiro atoms. The van der Waals surface area contributed by atoms with E-state index in [0.717, 1.165) is 0 Å². The molecule has 174 valence electrons. The fourth-order valence-electron chi connectivity index (χ4n) is 4.09. The highest BCUT2D eigenvalue weighted by Crippen LogP contribution is 2.53. The van der Waals surface area contributed by atoms with E-state index in [-0.39, 0.29) is 4.90 Å². The van der Waals surface area contributed by atoms with Crippen molar-refractivity contribution in [3.8, 4) is 0 Å². The first-order valence-corrected chi connectivity index (χ1v) is 14.4. The lowest BCUT2D eigenvalue weighted by Gasteiger charge is -2.27. The second-order valence-corrected chi connectivity index (χ2v) is 12.6. The molecule has 0 aliphatic rings. The monoisotopic (exact) mass is 497 g/mol. The van der Waals surface area contributed by atoms with Crippen LogP contribution in [0.4, 0.5) is 0 Å². The molecule has 5 rings (SSSR count). The summed E-state index contributed by atoms with van der Waals surface area (Å²) < 4.78 is 29.2. The summed E-state index contributed by atoms with van der Waals surface area (Å²) in [5, 5.41) is 5.55. The van der Waals surface area contributed by atoms with Gasteiger partial charge < -0.3 is 0 Å². The van der Waals surface area contributed by atoms with Crippen LogP contribution in [0.15, 0.2) is 157 Å². The van der Waals surface area contributed by atoms with Crippen molar-refractivity contribution in [3.05, 3.63) is 152 Å². The van der Waals surface area contributed by atoms with Gasteiger partial charge in [0, 0.05) is 0 Å². The molecule has 0 bridgehead atoms. The van der Waals surface area contributed by atoms with E-state index in [0.29, 0.717) is 0 Å². The highest BCUT2D eigenvalue weighted by molar-refractivity contribution is 8.01. The number of rotatable bonds is 5. The minimum Gasteiger partial charge on any atom is -0.282 e. The lowest BCUT2D eigenvalue weighted by Crippen LogP contribution is -2.38.